The summed E-state index contributed by atoms with van der Waals surface area (Å²) < 4.78 is 0. The van der Waals surface area contributed by atoms with Crippen LogP contribution in [0.25, 0.3) is 5.57 Å². The summed E-state index contributed by atoms with van der Waals surface area (Å²) in [6.45, 7) is 4.35. The maximum atomic E-state index is 9.46. The molecule has 1 N–H and O–H groups in total. The fourth-order valence-electron chi connectivity index (χ4n) is 2.42. The minimum Gasteiger partial charge on any atom is -0.508 e. The lowest BCUT2D eigenvalue weighted by Gasteiger charge is -2.14. The molecule has 2 heteroatoms. The Morgan fingerprint density at radius 1 is 0.850 bits per heavy atom. The molecule has 104 valence electrons. The first-order valence-electron chi connectivity index (χ1n) is 6.93. The predicted molar refractivity (Wildman–Crippen MR) is 86.2 cm³/mol. The van der Waals surface area contributed by atoms with Crippen LogP contribution in [0.2, 0.25) is 5.02 Å². The van der Waals surface area contributed by atoms with E-state index in [1.165, 1.54) is 16.7 Å². The van der Waals surface area contributed by atoms with Crippen LogP contribution in [-0.4, -0.2) is 5.11 Å². The second kappa shape index (κ2) is 6.62. The van der Waals surface area contributed by atoms with E-state index < -0.39 is 0 Å². The molecule has 0 aromatic heterocycles. The molecule has 0 spiro atoms. The highest BCUT2D eigenvalue weighted by Gasteiger charge is 2.10. The van der Waals surface area contributed by atoms with Crippen LogP contribution in [0.3, 0.4) is 0 Å². The number of phenols is 1. The van der Waals surface area contributed by atoms with Gasteiger partial charge in [0.05, 0.1) is 0 Å². The average molecular weight is 287 g/mol. The Morgan fingerprint density at radius 3 is 1.75 bits per heavy atom. The Hall–Kier alpha value is -1.73. The number of rotatable bonds is 4. The van der Waals surface area contributed by atoms with Gasteiger partial charge in [-0.25, -0.2) is 0 Å². The third kappa shape index (κ3) is 3.23. The Labute approximate surface area is 125 Å². The molecule has 0 unspecified atom stereocenters. The summed E-state index contributed by atoms with van der Waals surface area (Å²) in [5, 5.41) is 10.2. The maximum absolute atomic E-state index is 9.46. The molecule has 0 amide bonds. The maximum Gasteiger partial charge on any atom is 0.115 e. The van der Waals surface area contributed by atoms with E-state index in [-0.39, 0.29) is 0 Å². The van der Waals surface area contributed by atoms with Crippen LogP contribution in [0, 0.1) is 0 Å². The van der Waals surface area contributed by atoms with Gasteiger partial charge in [-0.05, 0) is 53.8 Å². The van der Waals surface area contributed by atoms with Crippen LogP contribution < -0.4 is 0 Å². The average Bonchev–Trinajstić information content (AvgIpc) is 2.47. The standard InChI is InChI=1S/C18H19ClO/c1-3-13(4-2)18(14-5-9-16(19)10-6-14)15-7-11-17(20)12-8-15/h5-12,20H,3-4H2,1-2H3. The van der Waals surface area contributed by atoms with Crippen LogP contribution in [0.1, 0.15) is 37.8 Å². The predicted octanol–water partition coefficient (Wildman–Crippen LogP) is 5.67. The SMILES string of the molecule is CCC(CC)=C(c1ccc(O)cc1)c1ccc(Cl)cc1. The summed E-state index contributed by atoms with van der Waals surface area (Å²) >= 11 is 5.98. The van der Waals surface area contributed by atoms with Crippen molar-refractivity contribution in [2.45, 2.75) is 26.7 Å². The summed E-state index contributed by atoms with van der Waals surface area (Å²) in [4.78, 5) is 0. The van der Waals surface area contributed by atoms with Gasteiger partial charge in [0.15, 0.2) is 0 Å². The normalized spacial score (nSPS) is 10.3. The molecule has 1 nitrogen and oxygen atoms in total. The number of hydrogen-bond acceptors (Lipinski definition) is 1. The van der Waals surface area contributed by atoms with E-state index in [1.54, 1.807) is 12.1 Å². The smallest absolute Gasteiger partial charge is 0.115 e. The van der Waals surface area contributed by atoms with Crippen molar-refractivity contribution in [3.8, 4) is 5.75 Å². The lowest BCUT2D eigenvalue weighted by atomic mass is 9.90. The minimum absolute atomic E-state index is 0.291. The molecule has 2 aromatic rings. The Bertz CT molecular complexity index is 541. The van der Waals surface area contributed by atoms with Gasteiger partial charge in [-0.3, -0.25) is 0 Å². The molecule has 0 bridgehead atoms. The quantitative estimate of drug-likeness (QED) is 0.768. The molecule has 20 heavy (non-hydrogen) atoms. The number of halogens is 1. The molecule has 0 saturated heterocycles. The largest absolute Gasteiger partial charge is 0.508 e. The van der Waals surface area contributed by atoms with Gasteiger partial charge in [0, 0.05) is 5.02 Å². The van der Waals surface area contributed by atoms with Crippen LogP contribution in [0.5, 0.6) is 5.75 Å². The number of phenolic OH excluding ortho intramolecular Hbond substituents is 1. The first-order valence-corrected chi connectivity index (χ1v) is 7.30. The monoisotopic (exact) mass is 286 g/mol. The molecule has 0 aliphatic heterocycles. The van der Waals surface area contributed by atoms with Crippen LogP contribution in [-0.2, 0) is 0 Å². The second-order valence-corrected chi connectivity index (χ2v) is 5.18. The number of aromatic hydroxyl groups is 1. The minimum atomic E-state index is 0.291. The Morgan fingerprint density at radius 2 is 1.30 bits per heavy atom. The van der Waals surface area contributed by atoms with Crippen molar-refractivity contribution in [3.05, 3.63) is 70.3 Å². The highest BCUT2D eigenvalue weighted by molar-refractivity contribution is 6.30. The van der Waals surface area contributed by atoms with Crippen molar-refractivity contribution < 1.29 is 5.11 Å². The molecule has 0 heterocycles. The van der Waals surface area contributed by atoms with Gasteiger partial charge in [-0.2, -0.15) is 0 Å². The first-order chi connectivity index (χ1) is 9.65. The highest BCUT2D eigenvalue weighted by atomic mass is 35.5. The lowest BCUT2D eigenvalue weighted by Crippen LogP contribution is -1.94. The zero-order chi connectivity index (χ0) is 14.5. The lowest BCUT2D eigenvalue weighted by molar-refractivity contribution is 0.475. The molecule has 0 saturated carbocycles. The van der Waals surface area contributed by atoms with Gasteiger partial charge in [0.1, 0.15) is 5.75 Å². The van der Waals surface area contributed by atoms with Crippen molar-refractivity contribution in [2.24, 2.45) is 0 Å². The molecule has 0 aliphatic carbocycles. The van der Waals surface area contributed by atoms with Crippen LogP contribution >= 0.6 is 11.6 Å². The molecule has 0 aliphatic rings. The van der Waals surface area contributed by atoms with Gasteiger partial charge >= 0.3 is 0 Å². The van der Waals surface area contributed by atoms with Crippen LogP contribution in [0.15, 0.2) is 54.1 Å². The van der Waals surface area contributed by atoms with E-state index in [1.807, 2.05) is 24.3 Å². The van der Waals surface area contributed by atoms with Gasteiger partial charge in [0.25, 0.3) is 0 Å². The summed E-state index contributed by atoms with van der Waals surface area (Å²) in [5.41, 5.74) is 4.94. The Balaban J connectivity index is 2.59. The summed E-state index contributed by atoms with van der Waals surface area (Å²) in [6, 6.07) is 15.3. The molecule has 2 rings (SSSR count). The fourth-order valence-corrected chi connectivity index (χ4v) is 2.55. The van der Waals surface area contributed by atoms with E-state index in [0.717, 1.165) is 23.4 Å². The molecule has 0 atom stereocenters. The highest BCUT2D eigenvalue weighted by Crippen LogP contribution is 2.31. The van der Waals surface area contributed by atoms with Crippen molar-refractivity contribution in [1.82, 2.24) is 0 Å². The molecule has 2 aromatic carbocycles. The van der Waals surface area contributed by atoms with Gasteiger partial charge in [-0.1, -0.05) is 55.3 Å². The number of hydrogen-bond donors (Lipinski definition) is 1. The van der Waals surface area contributed by atoms with Crippen LogP contribution in [0.4, 0.5) is 0 Å². The molecule has 0 fully saturated rings. The van der Waals surface area contributed by atoms with E-state index >= 15 is 0 Å². The number of allylic oxidation sites excluding steroid dienone is 1. The van der Waals surface area contributed by atoms with Gasteiger partial charge in [-0.15, -0.1) is 0 Å². The van der Waals surface area contributed by atoms with Gasteiger partial charge < -0.3 is 5.11 Å². The molecular weight excluding hydrogens is 268 g/mol. The van der Waals surface area contributed by atoms with Crippen molar-refractivity contribution in [3.63, 3.8) is 0 Å². The summed E-state index contributed by atoms with van der Waals surface area (Å²) in [6.07, 6.45) is 2.02. The first kappa shape index (κ1) is 14.7. The Kier molecular flexibility index (Phi) is 4.86. The van der Waals surface area contributed by atoms with Crippen molar-refractivity contribution in [1.29, 1.82) is 0 Å². The van der Waals surface area contributed by atoms with E-state index in [9.17, 15) is 5.11 Å². The number of benzene rings is 2. The second-order valence-electron chi connectivity index (χ2n) is 4.74. The fraction of sp³-hybridized carbons (Fsp3) is 0.222. The third-order valence-corrected chi connectivity index (χ3v) is 3.75. The summed E-state index contributed by atoms with van der Waals surface area (Å²) in [5.74, 6) is 0.291. The van der Waals surface area contributed by atoms with Crippen molar-refractivity contribution >= 4 is 17.2 Å². The zero-order valence-corrected chi connectivity index (χ0v) is 12.6. The van der Waals surface area contributed by atoms with E-state index in [0.29, 0.717) is 5.75 Å². The third-order valence-electron chi connectivity index (χ3n) is 3.50. The zero-order valence-electron chi connectivity index (χ0n) is 11.9. The molecular formula is C18H19ClO. The van der Waals surface area contributed by atoms with Crippen molar-refractivity contribution in [2.75, 3.05) is 0 Å². The van der Waals surface area contributed by atoms with E-state index in [4.69, 9.17) is 11.6 Å². The molecule has 0 radical (unpaired) electrons. The summed E-state index contributed by atoms with van der Waals surface area (Å²) in [7, 11) is 0. The topological polar surface area (TPSA) is 20.2 Å². The van der Waals surface area contributed by atoms with Gasteiger partial charge in [0.2, 0.25) is 0 Å². The van der Waals surface area contributed by atoms with E-state index in [2.05, 4.69) is 26.0 Å².